The summed E-state index contributed by atoms with van der Waals surface area (Å²) in [5, 5.41) is 0.0635. The molecule has 0 radical (unpaired) electrons. The lowest BCUT2D eigenvalue weighted by atomic mass is 10.0. The van der Waals surface area contributed by atoms with Crippen molar-refractivity contribution in [3.8, 4) is 16.9 Å². The average Bonchev–Trinajstić information content (AvgIpc) is 2.74. The van der Waals surface area contributed by atoms with Crippen molar-refractivity contribution in [2.75, 3.05) is 7.11 Å². The Balaban J connectivity index is 2.07. The van der Waals surface area contributed by atoms with Crippen molar-refractivity contribution in [3.63, 3.8) is 0 Å². The van der Waals surface area contributed by atoms with E-state index in [0.717, 1.165) is 12.2 Å². The molecule has 0 heterocycles. The maximum atomic E-state index is 6.14. The second-order valence-corrected chi connectivity index (χ2v) is 5.39. The zero-order valence-corrected chi connectivity index (χ0v) is 11.3. The first-order valence-electron chi connectivity index (χ1n) is 6.13. The predicted molar refractivity (Wildman–Crippen MR) is 75.5 cm³/mol. The van der Waals surface area contributed by atoms with Crippen LogP contribution in [0.4, 0.5) is 0 Å². The van der Waals surface area contributed by atoms with Crippen LogP contribution >= 0.6 is 11.6 Å². The van der Waals surface area contributed by atoms with Gasteiger partial charge in [0.15, 0.2) is 0 Å². The van der Waals surface area contributed by atoms with E-state index in [1.807, 2.05) is 13.0 Å². The van der Waals surface area contributed by atoms with Crippen LogP contribution in [0, 0.1) is 0 Å². The molecule has 1 atom stereocenters. The first-order valence-corrected chi connectivity index (χ1v) is 6.57. The van der Waals surface area contributed by atoms with Gasteiger partial charge in [0.05, 0.1) is 12.5 Å². The summed E-state index contributed by atoms with van der Waals surface area (Å²) in [6.45, 7) is 2.01. The number of halogens is 1. The highest BCUT2D eigenvalue weighted by molar-refractivity contribution is 6.20. The van der Waals surface area contributed by atoms with Crippen molar-refractivity contribution in [2.24, 2.45) is 0 Å². The van der Waals surface area contributed by atoms with E-state index in [-0.39, 0.29) is 5.38 Å². The van der Waals surface area contributed by atoms with Crippen molar-refractivity contribution >= 4 is 11.6 Å². The number of hydrogen-bond donors (Lipinski definition) is 0. The molecular formula is C16H15ClO. The highest BCUT2D eigenvalue weighted by Crippen LogP contribution is 2.39. The molecule has 3 rings (SSSR count). The van der Waals surface area contributed by atoms with Crippen LogP contribution < -0.4 is 4.74 Å². The van der Waals surface area contributed by atoms with Gasteiger partial charge in [-0.15, -0.1) is 11.6 Å². The Bertz CT molecular complexity index is 602. The summed E-state index contributed by atoms with van der Waals surface area (Å²) in [6, 6.07) is 12.8. The normalized spacial score (nSPS) is 13.9. The van der Waals surface area contributed by atoms with E-state index in [1.165, 1.54) is 27.8 Å². The Labute approximate surface area is 112 Å². The molecule has 0 saturated heterocycles. The third-order valence-corrected chi connectivity index (χ3v) is 3.82. The standard InChI is InChI=1S/C16H15ClO/c1-10(17)11-3-5-15-12(7-11)8-13-9-14(18-2)4-6-16(13)15/h3-7,9-10H,8H2,1-2H3. The first-order chi connectivity index (χ1) is 8.69. The quantitative estimate of drug-likeness (QED) is 0.612. The van der Waals surface area contributed by atoms with E-state index >= 15 is 0 Å². The lowest BCUT2D eigenvalue weighted by Crippen LogP contribution is -1.87. The topological polar surface area (TPSA) is 9.23 Å². The van der Waals surface area contributed by atoms with Gasteiger partial charge in [0.1, 0.15) is 5.75 Å². The number of methoxy groups -OCH3 is 1. The van der Waals surface area contributed by atoms with Crippen LogP contribution in [0.3, 0.4) is 0 Å². The summed E-state index contributed by atoms with van der Waals surface area (Å²) in [7, 11) is 1.71. The summed E-state index contributed by atoms with van der Waals surface area (Å²) in [6.07, 6.45) is 0.972. The maximum Gasteiger partial charge on any atom is 0.119 e. The molecule has 2 aromatic rings. The van der Waals surface area contributed by atoms with E-state index in [4.69, 9.17) is 16.3 Å². The fraction of sp³-hybridized carbons (Fsp3) is 0.250. The average molecular weight is 259 g/mol. The first kappa shape index (κ1) is 11.6. The maximum absolute atomic E-state index is 6.14. The van der Waals surface area contributed by atoms with Gasteiger partial charge in [-0.2, -0.15) is 0 Å². The van der Waals surface area contributed by atoms with Crippen molar-refractivity contribution in [1.82, 2.24) is 0 Å². The van der Waals surface area contributed by atoms with Crippen LogP contribution in [-0.2, 0) is 6.42 Å². The minimum absolute atomic E-state index is 0.0635. The summed E-state index contributed by atoms with van der Waals surface area (Å²) in [4.78, 5) is 0. The molecule has 1 nitrogen and oxygen atoms in total. The van der Waals surface area contributed by atoms with E-state index in [1.54, 1.807) is 7.11 Å². The highest BCUT2D eigenvalue weighted by atomic mass is 35.5. The lowest BCUT2D eigenvalue weighted by molar-refractivity contribution is 0.414. The molecule has 92 valence electrons. The van der Waals surface area contributed by atoms with Gasteiger partial charge in [-0.3, -0.25) is 0 Å². The second kappa shape index (κ2) is 4.33. The Morgan fingerprint density at radius 1 is 1.06 bits per heavy atom. The van der Waals surface area contributed by atoms with Crippen LogP contribution in [-0.4, -0.2) is 7.11 Å². The predicted octanol–water partition coefficient (Wildman–Crippen LogP) is 4.57. The fourth-order valence-corrected chi connectivity index (χ4v) is 2.72. The van der Waals surface area contributed by atoms with Crippen LogP contribution in [0.15, 0.2) is 36.4 Å². The number of fused-ring (bicyclic) bond motifs is 3. The Hall–Kier alpha value is -1.47. The number of alkyl halides is 1. The number of benzene rings is 2. The van der Waals surface area contributed by atoms with Gasteiger partial charge in [0.2, 0.25) is 0 Å². The molecule has 0 spiro atoms. The highest BCUT2D eigenvalue weighted by Gasteiger charge is 2.19. The SMILES string of the molecule is COc1ccc2c(c1)Cc1cc(C(C)Cl)ccc1-2. The number of rotatable bonds is 2. The third-order valence-electron chi connectivity index (χ3n) is 3.57. The van der Waals surface area contributed by atoms with Gasteiger partial charge in [0.25, 0.3) is 0 Å². The molecule has 1 unspecified atom stereocenters. The minimum Gasteiger partial charge on any atom is -0.497 e. The monoisotopic (exact) mass is 258 g/mol. The number of hydrogen-bond acceptors (Lipinski definition) is 1. The van der Waals surface area contributed by atoms with E-state index in [2.05, 4.69) is 30.3 Å². The van der Waals surface area contributed by atoms with Crippen molar-refractivity contribution in [3.05, 3.63) is 53.1 Å². The third kappa shape index (κ3) is 1.79. The Morgan fingerprint density at radius 3 is 2.39 bits per heavy atom. The molecule has 1 aliphatic rings. The molecule has 0 N–H and O–H groups in total. The molecule has 2 aromatic carbocycles. The molecule has 18 heavy (non-hydrogen) atoms. The molecule has 1 aliphatic carbocycles. The number of ether oxygens (including phenoxy) is 1. The van der Waals surface area contributed by atoms with E-state index in [0.29, 0.717) is 0 Å². The molecular weight excluding hydrogens is 244 g/mol. The molecule has 0 aliphatic heterocycles. The van der Waals surface area contributed by atoms with E-state index < -0.39 is 0 Å². The fourth-order valence-electron chi connectivity index (χ4n) is 2.58. The largest absolute Gasteiger partial charge is 0.497 e. The van der Waals surface area contributed by atoms with Gasteiger partial charge in [0, 0.05) is 0 Å². The zero-order valence-electron chi connectivity index (χ0n) is 10.5. The Kier molecular flexibility index (Phi) is 2.79. The molecule has 0 saturated carbocycles. The van der Waals surface area contributed by atoms with Crippen LogP contribution in [0.5, 0.6) is 5.75 Å². The van der Waals surface area contributed by atoms with Gasteiger partial charge in [-0.05, 0) is 53.3 Å². The summed E-state index contributed by atoms with van der Waals surface area (Å²) < 4.78 is 5.28. The van der Waals surface area contributed by atoms with Gasteiger partial charge < -0.3 is 4.74 Å². The van der Waals surface area contributed by atoms with Crippen LogP contribution in [0.1, 0.15) is 29.0 Å². The summed E-state index contributed by atoms with van der Waals surface area (Å²) >= 11 is 6.14. The van der Waals surface area contributed by atoms with Crippen molar-refractivity contribution in [2.45, 2.75) is 18.7 Å². The summed E-state index contributed by atoms with van der Waals surface area (Å²) in [5.41, 5.74) is 6.54. The van der Waals surface area contributed by atoms with Crippen LogP contribution in [0.2, 0.25) is 0 Å². The van der Waals surface area contributed by atoms with Gasteiger partial charge in [-0.1, -0.05) is 24.3 Å². The zero-order chi connectivity index (χ0) is 12.7. The second-order valence-electron chi connectivity index (χ2n) is 4.73. The van der Waals surface area contributed by atoms with E-state index in [9.17, 15) is 0 Å². The molecule has 0 bridgehead atoms. The van der Waals surface area contributed by atoms with Gasteiger partial charge in [-0.25, -0.2) is 0 Å². The molecule has 2 heteroatoms. The summed E-state index contributed by atoms with van der Waals surface area (Å²) in [5.74, 6) is 0.924. The Morgan fingerprint density at radius 2 is 1.72 bits per heavy atom. The minimum atomic E-state index is 0.0635. The lowest BCUT2D eigenvalue weighted by Gasteiger charge is -2.06. The van der Waals surface area contributed by atoms with Gasteiger partial charge >= 0.3 is 0 Å². The van der Waals surface area contributed by atoms with Crippen LogP contribution in [0.25, 0.3) is 11.1 Å². The molecule has 0 fully saturated rings. The van der Waals surface area contributed by atoms with Crippen molar-refractivity contribution < 1.29 is 4.74 Å². The molecule has 0 amide bonds. The molecule has 0 aromatic heterocycles. The smallest absolute Gasteiger partial charge is 0.119 e. The van der Waals surface area contributed by atoms with Crippen molar-refractivity contribution in [1.29, 1.82) is 0 Å².